The van der Waals surface area contributed by atoms with Gasteiger partial charge in [-0.15, -0.1) is 0 Å². The summed E-state index contributed by atoms with van der Waals surface area (Å²) in [5.41, 5.74) is 0.282. The highest BCUT2D eigenvalue weighted by molar-refractivity contribution is 9.10. The smallest absolute Gasteiger partial charge is 0.274 e. The molecule has 6 heteroatoms. The van der Waals surface area contributed by atoms with E-state index in [1.165, 1.54) is 29.2 Å². The van der Waals surface area contributed by atoms with E-state index < -0.39 is 16.6 Å². The minimum absolute atomic E-state index is 0.282. The second-order valence-electron chi connectivity index (χ2n) is 4.05. The number of aliphatic hydroxyl groups excluding tert-OH is 1. The summed E-state index contributed by atoms with van der Waals surface area (Å²) in [6.45, 7) is 4.25. The second-order valence-corrected chi connectivity index (χ2v) is 5.64. The highest BCUT2D eigenvalue weighted by atomic mass is 79.9. The molecule has 1 aromatic carbocycles. The molecule has 0 bridgehead atoms. The van der Waals surface area contributed by atoms with Gasteiger partial charge in [0.1, 0.15) is 6.10 Å². The van der Waals surface area contributed by atoms with E-state index in [0.717, 1.165) is 0 Å². The van der Waals surface area contributed by atoms with Crippen molar-refractivity contribution in [3.8, 4) is 0 Å². The molecule has 19 heavy (non-hydrogen) atoms. The molecular formula is C13H16BrClFNO2. The Morgan fingerprint density at radius 1 is 1.42 bits per heavy atom. The van der Waals surface area contributed by atoms with Crippen molar-refractivity contribution in [1.29, 1.82) is 0 Å². The molecule has 1 amide bonds. The minimum Gasteiger partial charge on any atom is -0.384 e. The molecule has 0 fully saturated rings. The number of carbonyl (C=O) groups is 1. The molecule has 2 atom stereocenters. The average Bonchev–Trinajstić information content (AvgIpc) is 2.40. The molecule has 0 aliphatic heterocycles. The van der Waals surface area contributed by atoms with Crippen molar-refractivity contribution in [3.63, 3.8) is 0 Å². The number of rotatable bonds is 5. The van der Waals surface area contributed by atoms with Gasteiger partial charge in [0.25, 0.3) is 10.5 Å². The summed E-state index contributed by atoms with van der Waals surface area (Å²) in [4.78, 5) is 13.3. The number of alkyl halides is 2. The van der Waals surface area contributed by atoms with E-state index in [1.807, 2.05) is 0 Å². The Balaban J connectivity index is 2.98. The maximum atomic E-state index is 14.5. The van der Waals surface area contributed by atoms with Gasteiger partial charge in [0.15, 0.2) is 0 Å². The van der Waals surface area contributed by atoms with Gasteiger partial charge in [0, 0.05) is 18.1 Å². The van der Waals surface area contributed by atoms with Crippen LogP contribution in [0.4, 0.5) is 4.39 Å². The first-order valence-corrected chi connectivity index (χ1v) is 7.12. The highest BCUT2D eigenvalue weighted by Crippen LogP contribution is 2.37. The lowest BCUT2D eigenvalue weighted by atomic mass is 10.0. The van der Waals surface area contributed by atoms with Gasteiger partial charge < -0.3 is 10.0 Å². The van der Waals surface area contributed by atoms with Gasteiger partial charge in [0.05, 0.1) is 0 Å². The molecule has 0 radical (unpaired) electrons. The third kappa shape index (κ3) is 3.68. The van der Waals surface area contributed by atoms with Crippen LogP contribution in [0.2, 0.25) is 5.02 Å². The van der Waals surface area contributed by atoms with Crippen LogP contribution in [0.1, 0.15) is 25.5 Å². The van der Waals surface area contributed by atoms with Crippen LogP contribution in [0.15, 0.2) is 24.3 Å². The fraction of sp³-hybridized carbons (Fsp3) is 0.462. The Labute approximate surface area is 125 Å². The van der Waals surface area contributed by atoms with E-state index in [9.17, 15) is 14.3 Å². The van der Waals surface area contributed by atoms with Gasteiger partial charge >= 0.3 is 0 Å². The second kappa shape index (κ2) is 6.68. The van der Waals surface area contributed by atoms with Crippen LogP contribution in [-0.2, 0) is 4.79 Å². The van der Waals surface area contributed by atoms with Crippen LogP contribution < -0.4 is 0 Å². The topological polar surface area (TPSA) is 40.5 Å². The summed E-state index contributed by atoms with van der Waals surface area (Å²) in [5, 5.41) is 10.5. The predicted molar refractivity (Wildman–Crippen MR) is 77.1 cm³/mol. The van der Waals surface area contributed by atoms with Gasteiger partial charge in [-0.3, -0.25) is 4.79 Å². The molecule has 0 saturated carbocycles. The quantitative estimate of drug-likeness (QED) is 0.826. The zero-order valence-electron chi connectivity index (χ0n) is 10.7. The summed E-state index contributed by atoms with van der Waals surface area (Å²) < 4.78 is 12.0. The first-order chi connectivity index (χ1) is 8.84. The summed E-state index contributed by atoms with van der Waals surface area (Å²) in [6.07, 6.45) is -1.60. The third-order valence-corrected chi connectivity index (χ3v) is 3.89. The van der Waals surface area contributed by atoms with Crippen molar-refractivity contribution in [2.45, 2.75) is 24.5 Å². The summed E-state index contributed by atoms with van der Waals surface area (Å²) in [5.74, 6) is -0.792. The van der Waals surface area contributed by atoms with Gasteiger partial charge in [0.2, 0.25) is 0 Å². The fourth-order valence-corrected chi connectivity index (χ4v) is 2.33. The van der Waals surface area contributed by atoms with Crippen molar-refractivity contribution >= 4 is 33.4 Å². The predicted octanol–water partition coefficient (Wildman–Crippen LogP) is 3.30. The Kier molecular flexibility index (Phi) is 5.77. The van der Waals surface area contributed by atoms with Crippen LogP contribution in [0.5, 0.6) is 0 Å². The van der Waals surface area contributed by atoms with Crippen molar-refractivity contribution in [2.75, 3.05) is 13.1 Å². The largest absolute Gasteiger partial charge is 0.384 e. The Bertz CT molecular complexity index is 435. The fourth-order valence-electron chi connectivity index (χ4n) is 1.69. The van der Waals surface area contributed by atoms with E-state index in [4.69, 9.17) is 11.6 Å². The van der Waals surface area contributed by atoms with E-state index in [1.54, 1.807) is 13.8 Å². The van der Waals surface area contributed by atoms with E-state index in [-0.39, 0.29) is 5.56 Å². The van der Waals surface area contributed by atoms with Crippen molar-refractivity contribution in [1.82, 2.24) is 4.90 Å². The minimum atomic E-state index is -2.55. The molecule has 0 aromatic heterocycles. The van der Waals surface area contributed by atoms with Crippen LogP contribution in [0, 0.1) is 0 Å². The number of hydrogen-bond donors (Lipinski definition) is 1. The molecule has 0 unspecified atom stereocenters. The number of carbonyl (C=O) groups excluding carboxylic acids is 1. The number of hydrogen-bond acceptors (Lipinski definition) is 2. The molecule has 0 heterocycles. The van der Waals surface area contributed by atoms with Crippen molar-refractivity contribution in [2.24, 2.45) is 0 Å². The lowest BCUT2D eigenvalue weighted by Crippen LogP contribution is -2.45. The number of nitrogens with zero attached hydrogens (tertiary/aromatic N) is 1. The Hall–Kier alpha value is -0.650. The number of amides is 1. The summed E-state index contributed by atoms with van der Waals surface area (Å²) in [7, 11) is 0. The molecule has 1 N–H and O–H groups in total. The number of halogens is 3. The third-order valence-electron chi connectivity index (χ3n) is 2.86. The lowest BCUT2D eigenvalue weighted by Gasteiger charge is -2.29. The molecule has 0 aliphatic carbocycles. The van der Waals surface area contributed by atoms with Crippen LogP contribution in [-0.4, -0.2) is 33.6 Å². The Morgan fingerprint density at radius 2 is 1.89 bits per heavy atom. The first-order valence-electron chi connectivity index (χ1n) is 5.95. The van der Waals surface area contributed by atoms with Gasteiger partial charge in [-0.25, -0.2) is 4.39 Å². The molecule has 3 nitrogen and oxygen atoms in total. The van der Waals surface area contributed by atoms with Gasteiger partial charge in [-0.2, -0.15) is 0 Å². The normalized spacial score (nSPS) is 15.7. The SMILES string of the molecule is CCN(CC)C(=O)[C@](F)(Br)[C@@H](O)c1ccc(Cl)cc1. The Morgan fingerprint density at radius 3 is 2.32 bits per heavy atom. The molecule has 0 aliphatic rings. The van der Waals surface area contributed by atoms with E-state index >= 15 is 0 Å². The van der Waals surface area contributed by atoms with Gasteiger partial charge in [-0.1, -0.05) is 23.7 Å². The van der Waals surface area contributed by atoms with Crippen molar-refractivity contribution in [3.05, 3.63) is 34.9 Å². The molecule has 0 saturated heterocycles. The standard InChI is InChI=1S/C13H16BrClFNO2/c1-3-17(4-2)12(19)13(14,16)11(18)9-5-7-10(15)8-6-9/h5-8,11,18H,3-4H2,1-2H3/t11-,13-/m0/s1. The van der Waals surface area contributed by atoms with Crippen molar-refractivity contribution < 1.29 is 14.3 Å². The highest BCUT2D eigenvalue weighted by Gasteiger charge is 2.46. The summed E-state index contributed by atoms with van der Waals surface area (Å²) in [6, 6.07) is 6.03. The van der Waals surface area contributed by atoms with Gasteiger partial charge in [-0.05, 0) is 47.5 Å². The maximum absolute atomic E-state index is 14.5. The molecule has 0 spiro atoms. The monoisotopic (exact) mass is 351 g/mol. The summed E-state index contributed by atoms with van der Waals surface area (Å²) >= 11 is 8.44. The molecule has 1 rings (SSSR count). The number of aliphatic hydroxyl groups is 1. The lowest BCUT2D eigenvalue weighted by molar-refractivity contribution is -0.142. The van der Waals surface area contributed by atoms with E-state index in [2.05, 4.69) is 15.9 Å². The van der Waals surface area contributed by atoms with Crippen LogP contribution in [0.3, 0.4) is 0 Å². The molecule has 106 valence electrons. The van der Waals surface area contributed by atoms with Crippen LogP contribution in [0.25, 0.3) is 0 Å². The zero-order valence-corrected chi connectivity index (χ0v) is 13.1. The average molecular weight is 353 g/mol. The molecule has 1 aromatic rings. The molecular weight excluding hydrogens is 337 g/mol. The van der Waals surface area contributed by atoms with E-state index in [0.29, 0.717) is 18.1 Å². The zero-order chi connectivity index (χ0) is 14.6. The van der Waals surface area contributed by atoms with Crippen LogP contribution >= 0.6 is 27.5 Å². The first kappa shape index (κ1) is 16.4. The number of benzene rings is 1. The maximum Gasteiger partial charge on any atom is 0.274 e.